The Labute approximate surface area is 158 Å². The number of amides is 1. The Morgan fingerprint density at radius 3 is 2.46 bits per heavy atom. The van der Waals surface area contributed by atoms with E-state index >= 15 is 0 Å². The summed E-state index contributed by atoms with van der Waals surface area (Å²) in [6, 6.07) is 13.5. The van der Waals surface area contributed by atoms with Crippen LogP contribution in [0.15, 0.2) is 48.5 Å². The second kappa shape index (κ2) is 9.82. The SMILES string of the molecule is CCCCOC(=O)c1ccc(NC(=O)C(C)Oc2ccccc2Cl)cc1. The smallest absolute Gasteiger partial charge is 0.338 e. The summed E-state index contributed by atoms with van der Waals surface area (Å²) in [7, 11) is 0. The van der Waals surface area contributed by atoms with E-state index in [9.17, 15) is 9.59 Å². The molecule has 2 aromatic rings. The zero-order valence-electron chi connectivity index (χ0n) is 14.8. The lowest BCUT2D eigenvalue weighted by molar-refractivity contribution is -0.122. The summed E-state index contributed by atoms with van der Waals surface area (Å²) >= 11 is 6.03. The third-order valence-corrected chi connectivity index (χ3v) is 3.94. The van der Waals surface area contributed by atoms with Gasteiger partial charge in [-0.15, -0.1) is 0 Å². The number of carbonyl (C=O) groups is 2. The molecular weight excluding hydrogens is 354 g/mol. The number of nitrogens with one attached hydrogen (secondary N) is 1. The third kappa shape index (κ3) is 5.77. The lowest BCUT2D eigenvalue weighted by atomic mass is 10.2. The Balaban J connectivity index is 1.90. The fraction of sp³-hybridized carbons (Fsp3) is 0.300. The van der Waals surface area contributed by atoms with Crippen LogP contribution in [0, 0.1) is 0 Å². The van der Waals surface area contributed by atoms with E-state index in [4.69, 9.17) is 21.1 Å². The van der Waals surface area contributed by atoms with E-state index in [0.29, 0.717) is 28.6 Å². The third-order valence-electron chi connectivity index (χ3n) is 3.63. The van der Waals surface area contributed by atoms with E-state index in [1.807, 2.05) is 6.92 Å². The molecule has 0 saturated carbocycles. The summed E-state index contributed by atoms with van der Waals surface area (Å²) in [6.07, 6.45) is 1.07. The Morgan fingerprint density at radius 2 is 1.81 bits per heavy atom. The van der Waals surface area contributed by atoms with Crippen LogP contribution in [0.5, 0.6) is 5.75 Å². The highest BCUT2D eigenvalue weighted by molar-refractivity contribution is 6.32. The summed E-state index contributed by atoms with van der Waals surface area (Å²) in [6.45, 7) is 4.07. The summed E-state index contributed by atoms with van der Waals surface area (Å²) in [5, 5.41) is 3.18. The van der Waals surface area contributed by atoms with Crippen LogP contribution in [0.4, 0.5) is 5.69 Å². The molecule has 138 valence electrons. The molecule has 6 heteroatoms. The average Bonchev–Trinajstić information content (AvgIpc) is 2.64. The molecule has 0 aliphatic carbocycles. The molecule has 2 rings (SSSR count). The van der Waals surface area contributed by atoms with Crippen LogP contribution in [0.1, 0.15) is 37.0 Å². The molecule has 0 fully saturated rings. The van der Waals surface area contributed by atoms with Gasteiger partial charge in [-0.3, -0.25) is 4.79 Å². The van der Waals surface area contributed by atoms with Gasteiger partial charge in [-0.25, -0.2) is 4.79 Å². The first kappa shape index (κ1) is 19.8. The van der Waals surface area contributed by atoms with Crippen molar-refractivity contribution in [3.63, 3.8) is 0 Å². The first-order valence-corrected chi connectivity index (χ1v) is 8.88. The monoisotopic (exact) mass is 375 g/mol. The largest absolute Gasteiger partial charge is 0.479 e. The van der Waals surface area contributed by atoms with Crippen molar-refractivity contribution in [1.82, 2.24) is 0 Å². The van der Waals surface area contributed by atoms with Crippen molar-refractivity contribution in [3.05, 3.63) is 59.1 Å². The van der Waals surface area contributed by atoms with Crippen LogP contribution in [-0.4, -0.2) is 24.6 Å². The van der Waals surface area contributed by atoms with Gasteiger partial charge in [-0.05, 0) is 49.7 Å². The summed E-state index contributed by atoms with van der Waals surface area (Å²) < 4.78 is 10.7. The number of ether oxygens (including phenoxy) is 2. The number of unbranched alkanes of at least 4 members (excludes halogenated alkanes) is 1. The average molecular weight is 376 g/mol. The molecule has 0 aliphatic rings. The van der Waals surface area contributed by atoms with Gasteiger partial charge in [-0.2, -0.15) is 0 Å². The zero-order valence-corrected chi connectivity index (χ0v) is 15.6. The van der Waals surface area contributed by atoms with Crippen molar-refractivity contribution >= 4 is 29.2 Å². The molecule has 0 aromatic heterocycles. The molecule has 2 aromatic carbocycles. The molecule has 0 radical (unpaired) electrons. The second-order valence-electron chi connectivity index (χ2n) is 5.75. The maximum Gasteiger partial charge on any atom is 0.338 e. The molecule has 1 N–H and O–H groups in total. The highest BCUT2D eigenvalue weighted by Crippen LogP contribution is 2.24. The minimum absolute atomic E-state index is 0.316. The molecule has 5 nitrogen and oxygen atoms in total. The van der Waals surface area contributed by atoms with Gasteiger partial charge in [0.15, 0.2) is 6.10 Å². The van der Waals surface area contributed by atoms with Gasteiger partial charge in [-0.1, -0.05) is 37.1 Å². The van der Waals surface area contributed by atoms with Crippen LogP contribution in [0.2, 0.25) is 5.02 Å². The van der Waals surface area contributed by atoms with Crippen LogP contribution < -0.4 is 10.1 Å². The van der Waals surface area contributed by atoms with E-state index in [1.54, 1.807) is 55.5 Å². The lowest BCUT2D eigenvalue weighted by Gasteiger charge is -2.15. The number of esters is 1. The van der Waals surface area contributed by atoms with Crippen molar-refractivity contribution in [1.29, 1.82) is 0 Å². The number of halogens is 1. The minimum atomic E-state index is -0.728. The Hall–Kier alpha value is -2.53. The van der Waals surface area contributed by atoms with Gasteiger partial charge in [0, 0.05) is 5.69 Å². The predicted octanol–water partition coefficient (Wildman–Crippen LogP) is 4.70. The molecule has 1 amide bonds. The number of anilines is 1. The van der Waals surface area contributed by atoms with Gasteiger partial charge in [0.2, 0.25) is 0 Å². The van der Waals surface area contributed by atoms with E-state index in [1.165, 1.54) is 0 Å². The first-order chi connectivity index (χ1) is 12.5. The molecule has 26 heavy (non-hydrogen) atoms. The van der Waals surface area contributed by atoms with Crippen molar-refractivity contribution in [3.8, 4) is 5.75 Å². The molecule has 1 atom stereocenters. The van der Waals surface area contributed by atoms with Crippen molar-refractivity contribution < 1.29 is 19.1 Å². The highest BCUT2D eigenvalue weighted by Gasteiger charge is 2.16. The van der Waals surface area contributed by atoms with Crippen LogP contribution >= 0.6 is 11.6 Å². The van der Waals surface area contributed by atoms with Gasteiger partial charge in [0.1, 0.15) is 5.75 Å². The van der Waals surface area contributed by atoms with Crippen LogP contribution in [-0.2, 0) is 9.53 Å². The molecule has 0 heterocycles. The quantitative estimate of drug-likeness (QED) is 0.536. The molecule has 1 unspecified atom stereocenters. The van der Waals surface area contributed by atoms with E-state index in [2.05, 4.69) is 5.32 Å². The van der Waals surface area contributed by atoms with Crippen LogP contribution in [0.25, 0.3) is 0 Å². The number of benzene rings is 2. The van der Waals surface area contributed by atoms with Crippen LogP contribution in [0.3, 0.4) is 0 Å². The van der Waals surface area contributed by atoms with Gasteiger partial charge in [0.25, 0.3) is 5.91 Å². The second-order valence-corrected chi connectivity index (χ2v) is 6.15. The topological polar surface area (TPSA) is 64.6 Å². The Bertz CT molecular complexity index is 746. The summed E-state index contributed by atoms with van der Waals surface area (Å²) in [5.74, 6) is -0.239. The van der Waals surface area contributed by atoms with Crippen molar-refractivity contribution in [2.75, 3.05) is 11.9 Å². The predicted molar refractivity (Wildman–Crippen MR) is 102 cm³/mol. The van der Waals surface area contributed by atoms with E-state index < -0.39 is 6.10 Å². The van der Waals surface area contributed by atoms with Crippen molar-refractivity contribution in [2.24, 2.45) is 0 Å². The standard InChI is InChI=1S/C20H22ClNO4/c1-3-4-13-25-20(24)15-9-11-16(12-10-15)22-19(23)14(2)26-18-8-6-5-7-17(18)21/h5-12,14H,3-4,13H2,1-2H3,(H,22,23). The normalized spacial score (nSPS) is 11.5. The number of para-hydroxylation sites is 1. The fourth-order valence-corrected chi connectivity index (χ4v) is 2.29. The maximum atomic E-state index is 12.3. The van der Waals surface area contributed by atoms with Gasteiger partial charge < -0.3 is 14.8 Å². The Morgan fingerprint density at radius 1 is 1.12 bits per heavy atom. The van der Waals surface area contributed by atoms with E-state index in [-0.39, 0.29) is 11.9 Å². The summed E-state index contributed by atoms with van der Waals surface area (Å²) in [5.41, 5.74) is 1.01. The maximum absolute atomic E-state index is 12.3. The van der Waals surface area contributed by atoms with E-state index in [0.717, 1.165) is 12.8 Å². The minimum Gasteiger partial charge on any atom is -0.479 e. The molecule has 0 bridgehead atoms. The first-order valence-electron chi connectivity index (χ1n) is 8.50. The summed E-state index contributed by atoms with van der Waals surface area (Å²) in [4.78, 5) is 24.1. The number of carbonyl (C=O) groups excluding carboxylic acids is 2. The number of hydrogen-bond acceptors (Lipinski definition) is 4. The molecular formula is C20H22ClNO4. The lowest BCUT2D eigenvalue weighted by Crippen LogP contribution is -2.30. The Kier molecular flexibility index (Phi) is 7.48. The van der Waals surface area contributed by atoms with Gasteiger partial charge in [0.05, 0.1) is 17.2 Å². The molecule has 0 spiro atoms. The van der Waals surface area contributed by atoms with Crippen molar-refractivity contribution in [2.45, 2.75) is 32.8 Å². The highest BCUT2D eigenvalue weighted by atomic mass is 35.5. The molecule has 0 saturated heterocycles. The fourth-order valence-electron chi connectivity index (χ4n) is 2.11. The number of rotatable bonds is 8. The zero-order chi connectivity index (χ0) is 18.9. The number of hydrogen-bond donors (Lipinski definition) is 1. The van der Waals surface area contributed by atoms with Gasteiger partial charge >= 0.3 is 5.97 Å². The molecule has 0 aliphatic heterocycles.